The third kappa shape index (κ3) is 4.36. The van der Waals surface area contributed by atoms with Crippen molar-refractivity contribution in [2.24, 2.45) is 11.7 Å². The average molecular weight is 344 g/mol. The number of carbonyl (C=O) groups excluding carboxylic acids is 1. The number of amides is 1. The van der Waals surface area contributed by atoms with Crippen molar-refractivity contribution in [3.63, 3.8) is 0 Å². The molecule has 2 atom stereocenters. The van der Waals surface area contributed by atoms with Crippen LogP contribution < -0.4 is 15.8 Å². The molecule has 1 heterocycles. The van der Waals surface area contributed by atoms with Crippen molar-refractivity contribution < 1.29 is 14.1 Å². The third-order valence-electron chi connectivity index (χ3n) is 4.63. The van der Waals surface area contributed by atoms with Crippen LogP contribution in [0.1, 0.15) is 44.3 Å². The molecule has 134 valence electrons. The summed E-state index contributed by atoms with van der Waals surface area (Å²) in [7, 11) is 0. The minimum Gasteiger partial charge on any atom is -0.485 e. The van der Waals surface area contributed by atoms with Gasteiger partial charge in [-0.25, -0.2) is 0 Å². The first-order valence-electron chi connectivity index (χ1n) is 8.56. The lowest BCUT2D eigenvalue weighted by Crippen LogP contribution is -2.51. The van der Waals surface area contributed by atoms with Gasteiger partial charge in [-0.15, -0.1) is 0 Å². The van der Waals surface area contributed by atoms with Crippen LogP contribution in [0.2, 0.25) is 0 Å². The van der Waals surface area contributed by atoms with Crippen LogP contribution in [0.15, 0.2) is 28.8 Å². The van der Waals surface area contributed by atoms with Crippen molar-refractivity contribution in [1.82, 2.24) is 10.1 Å². The molecule has 0 bridgehead atoms. The molecule has 0 radical (unpaired) electrons. The van der Waals surface area contributed by atoms with E-state index >= 15 is 0 Å². The number of carbonyl (C=O) groups is 1. The zero-order valence-electron chi connectivity index (χ0n) is 14.6. The van der Waals surface area contributed by atoms with Crippen LogP contribution in [-0.2, 0) is 11.4 Å². The van der Waals surface area contributed by atoms with Gasteiger partial charge in [-0.2, -0.15) is 4.98 Å². The van der Waals surface area contributed by atoms with Gasteiger partial charge in [0.25, 0.3) is 0 Å². The SMILES string of the molecule is Cc1nc(COc2ccc(NC(=O)C3CCCCC3(C)N)cc2)no1. The summed E-state index contributed by atoms with van der Waals surface area (Å²) in [4.78, 5) is 16.6. The predicted octanol–water partition coefficient (Wildman–Crippen LogP) is 2.80. The number of nitrogens with two attached hydrogens (primary N) is 1. The van der Waals surface area contributed by atoms with E-state index in [0.717, 1.165) is 31.4 Å². The van der Waals surface area contributed by atoms with Crippen LogP contribution in [0.3, 0.4) is 0 Å². The van der Waals surface area contributed by atoms with E-state index in [1.165, 1.54) is 0 Å². The Kier molecular flexibility index (Phi) is 5.03. The van der Waals surface area contributed by atoms with Gasteiger partial charge in [0, 0.05) is 18.2 Å². The normalized spacial score (nSPS) is 23.2. The van der Waals surface area contributed by atoms with Gasteiger partial charge in [0.1, 0.15) is 5.75 Å². The molecule has 3 rings (SSSR count). The second-order valence-electron chi connectivity index (χ2n) is 6.84. The largest absolute Gasteiger partial charge is 0.485 e. The predicted molar refractivity (Wildman–Crippen MR) is 93.0 cm³/mol. The fourth-order valence-corrected chi connectivity index (χ4v) is 3.20. The van der Waals surface area contributed by atoms with Crippen LogP contribution in [0, 0.1) is 12.8 Å². The maximum absolute atomic E-state index is 12.5. The van der Waals surface area contributed by atoms with Crippen molar-refractivity contribution in [1.29, 1.82) is 0 Å². The van der Waals surface area contributed by atoms with Gasteiger partial charge in [-0.05, 0) is 44.0 Å². The quantitative estimate of drug-likeness (QED) is 0.864. The van der Waals surface area contributed by atoms with Crippen molar-refractivity contribution in [2.45, 2.75) is 51.7 Å². The molecule has 0 aliphatic heterocycles. The van der Waals surface area contributed by atoms with E-state index < -0.39 is 5.54 Å². The zero-order valence-corrected chi connectivity index (χ0v) is 14.6. The summed E-state index contributed by atoms with van der Waals surface area (Å²) >= 11 is 0. The highest BCUT2D eigenvalue weighted by Gasteiger charge is 2.37. The molecular weight excluding hydrogens is 320 g/mol. The van der Waals surface area contributed by atoms with Crippen LogP contribution >= 0.6 is 0 Å². The van der Waals surface area contributed by atoms with Gasteiger partial charge in [0.2, 0.25) is 17.6 Å². The summed E-state index contributed by atoms with van der Waals surface area (Å²) in [6, 6.07) is 7.22. The number of nitrogens with zero attached hydrogens (tertiary/aromatic N) is 2. The topological polar surface area (TPSA) is 103 Å². The minimum atomic E-state index is -0.436. The zero-order chi connectivity index (χ0) is 17.9. The Bertz CT molecular complexity index is 724. The molecule has 0 spiro atoms. The monoisotopic (exact) mass is 344 g/mol. The number of ether oxygens (including phenoxy) is 1. The Morgan fingerprint density at radius 3 is 2.80 bits per heavy atom. The summed E-state index contributed by atoms with van der Waals surface area (Å²) in [6.45, 7) is 3.93. The molecule has 7 nitrogen and oxygen atoms in total. The lowest BCUT2D eigenvalue weighted by atomic mass is 9.74. The second-order valence-corrected chi connectivity index (χ2v) is 6.84. The standard InChI is InChI=1S/C18H24N4O3/c1-12-20-16(22-25-12)11-24-14-8-6-13(7-9-14)21-17(23)15-5-3-4-10-18(15,2)19/h6-9,15H,3-5,10-11,19H2,1-2H3,(H,21,23). The number of benzene rings is 1. The first kappa shape index (κ1) is 17.4. The third-order valence-corrected chi connectivity index (χ3v) is 4.63. The molecule has 1 aromatic heterocycles. The number of anilines is 1. The van der Waals surface area contributed by atoms with Crippen LogP contribution in [-0.4, -0.2) is 21.6 Å². The highest BCUT2D eigenvalue weighted by molar-refractivity contribution is 5.93. The van der Waals surface area contributed by atoms with Crippen molar-refractivity contribution in [2.75, 3.05) is 5.32 Å². The van der Waals surface area contributed by atoms with E-state index in [4.69, 9.17) is 15.0 Å². The lowest BCUT2D eigenvalue weighted by molar-refractivity contribution is -0.122. The van der Waals surface area contributed by atoms with Crippen LogP contribution in [0.5, 0.6) is 5.75 Å². The molecule has 2 aromatic rings. The first-order chi connectivity index (χ1) is 11.9. The molecule has 25 heavy (non-hydrogen) atoms. The Hall–Kier alpha value is -2.41. The Labute approximate surface area is 146 Å². The second kappa shape index (κ2) is 7.23. The van der Waals surface area contributed by atoms with E-state index in [1.807, 2.05) is 19.1 Å². The fraction of sp³-hybridized carbons (Fsp3) is 0.500. The molecule has 7 heteroatoms. The van der Waals surface area contributed by atoms with E-state index in [2.05, 4.69) is 15.5 Å². The number of rotatable bonds is 5. The fourth-order valence-electron chi connectivity index (χ4n) is 3.20. The summed E-state index contributed by atoms with van der Waals surface area (Å²) in [5.41, 5.74) is 6.59. The maximum atomic E-state index is 12.5. The smallest absolute Gasteiger partial charge is 0.229 e. The average Bonchev–Trinajstić information content (AvgIpc) is 2.99. The van der Waals surface area contributed by atoms with Gasteiger partial charge in [-0.3, -0.25) is 4.79 Å². The van der Waals surface area contributed by atoms with Gasteiger partial charge in [0.15, 0.2) is 6.61 Å². The van der Waals surface area contributed by atoms with Crippen LogP contribution in [0.25, 0.3) is 0 Å². The Morgan fingerprint density at radius 2 is 2.16 bits per heavy atom. The van der Waals surface area contributed by atoms with Gasteiger partial charge in [0.05, 0.1) is 5.92 Å². The number of aryl methyl sites for hydroxylation is 1. The van der Waals surface area contributed by atoms with E-state index in [1.54, 1.807) is 19.1 Å². The van der Waals surface area contributed by atoms with E-state index in [9.17, 15) is 4.79 Å². The number of nitrogens with one attached hydrogen (secondary N) is 1. The summed E-state index contributed by atoms with van der Waals surface area (Å²) in [5, 5.41) is 6.73. The Balaban J connectivity index is 1.56. The molecule has 1 aromatic carbocycles. The first-order valence-corrected chi connectivity index (χ1v) is 8.56. The lowest BCUT2D eigenvalue weighted by Gasteiger charge is -2.37. The van der Waals surface area contributed by atoms with Crippen molar-refractivity contribution in [3.05, 3.63) is 36.0 Å². The number of hydrogen-bond acceptors (Lipinski definition) is 6. The molecule has 1 aliphatic carbocycles. The van der Waals surface area contributed by atoms with E-state index in [0.29, 0.717) is 17.5 Å². The van der Waals surface area contributed by atoms with Crippen LogP contribution in [0.4, 0.5) is 5.69 Å². The molecule has 2 unspecified atom stereocenters. The molecule has 1 saturated carbocycles. The maximum Gasteiger partial charge on any atom is 0.229 e. The summed E-state index contributed by atoms with van der Waals surface area (Å²) in [6.07, 6.45) is 3.85. The Morgan fingerprint density at radius 1 is 1.40 bits per heavy atom. The molecule has 3 N–H and O–H groups in total. The summed E-state index contributed by atoms with van der Waals surface area (Å²) < 4.78 is 10.5. The highest BCUT2D eigenvalue weighted by Crippen LogP contribution is 2.32. The molecule has 1 fully saturated rings. The molecule has 1 aliphatic rings. The summed E-state index contributed by atoms with van der Waals surface area (Å²) in [5.74, 6) is 1.50. The van der Waals surface area contributed by atoms with Gasteiger partial charge < -0.3 is 20.3 Å². The van der Waals surface area contributed by atoms with Gasteiger partial charge in [-0.1, -0.05) is 18.0 Å². The van der Waals surface area contributed by atoms with Crippen molar-refractivity contribution >= 4 is 11.6 Å². The number of hydrogen-bond donors (Lipinski definition) is 2. The van der Waals surface area contributed by atoms with E-state index in [-0.39, 0.29) is 18.4 Å². The molecule has 0 saturated heterocycles. The number of aromatic nitrogens is 2. The van der Waals surface area contributed by atoms with Gasteiger partial charge >= 0.3 is 0 Å². The minimum absolute atomic E-state index is 0.0133. The molecular formula is C18H24N4O3. The van der Waals surface area contributed by atoms with Crippen molar-refractivity contribution in [3.8, 4) is 5.75 Å². The highest BCUT2D eigenvalue weighted by atomic mass is 16.5. The molecule has 1 amide bonds.